The molecule has 0 saturated carbocycles. The number of amides is 1. The fraction of sp³-hybridized carbons (Fsp3) is 0.333. The number of hydrogen-bond donors (Lipinski definition) is 9. The van der Waals surface area contributed by atoms with Crippen LogP contribution in [0.2, 0.25) is 0 Å². The zero-order valence-corrected chi connectivity index (χ0v) is 25.4. The molecular weight excluding hydrogens is 588 g/mol. The second-order valence-electron chi connectivity index (χ2n) is 10.4. The molecule has 0 radical (unpaired) electrons. The van der Waals surface area contributed by atoms with Crippen LogP contribution in [0.4, 0.5) is 0 Å². The molecule has 0 aliphatic rings. The minimum atomic E-state index is -3.89. The van der Waals surface area contributed by atoms with Crippen molar-refractivity contribution in [2.45, 2.75) is 43.2 Å². The summed E-state index contributed by atoms with van der Waals surface area (Å²) in [6.45, 7) is 2.97. The van der Waals surface area contributed by atoms with Crippen molar-refractivity contribution in [1.29, 1.82) is 0 Å². The molecule has 1 amide bonds. The molecule has 0 aliphatic heterocycles. The van der Waals surface area contributed by atoms with Gasteiger partial charge in [0, 0.05) is 37.3 Å². The van der Waals surface area contributed by atoms with Gasteiger partial charge in [-0.2, -0.15) is 0 Å². The first-order valence-corrected chi connectivity index (χ1v) is 15.5. The average Bonchev–Trinajstić information content (AvgIpc) is 2.97. The predicted molar refractivity (Wildman–Crippen MR) is 167 cm³/mol. The highest BCUT2D eigenvalue weighted by Crippen LogP contribution is 2.35. The monoisotopic (exact) mass is 628 g/mol. The fourth-order valence-electron chi connectivity index (χ4n) is 4.40. The smallest absolute Gasteiger partial charge is 0.264 e. The van der Waals surface area contributed by atoms with Gasteiger partial charge in [0.1, 0.15) is 5.75 Å². The van der Waals surface area contributed by atoms with Crippen LogP contribution in [0.25, 0.3) is 0 Å². The number of sulfonamides is 1. The molecule has 238 valence electrons. The summed E-state index contributed by atoms with van der Waals surface area (Å²) in [4.78, 5) is 17.2. The van der Waals surface area contributed by atoms with E-state index in [1.807, 2.05) is 26.1 Å². The molecule has 0 aromatic heterocycles. The van der Waals surface area contributed by atoms with E-state index in [0.717, 1.165) is 23.3 Å². The standard InChI is InChI=1S/C30H40N6O7S/c1-19-5-11-25(12-6-19)44(42,43)36-30(31)33-13-3-4-22(35-29(41)21-15-26(38)28(40)27(39)16-21)18-34-23(17-32-2)14-20-7-9-24(37)10-8-20/h5-12,15-16,22-23,32,34,37-40H,3-4,13-14,17-18H2,1-2H3,(H,35,41)(H3,31,33,36)/t22-,23-/m0/s1. The van der Waals surface area contributed by atoms with Gasteiger partial charge in [-0.3, -0.25) is 9.79 Å². The summed E-state index contributed by atoms with van der Waals surface area (Å²) in [5.74, 6) is -2.66. The number of likely N-dealkylation sites (N-methyl/N-ethyl adjacent to an activating group) is 1. The van der Waals surface area contributed by atoms with E-state index in [4.69, 9.17) is 5.73 Å². The number of nitrogens with two attached hydrogens (primary N) is 1. The van der Waals surface area contributed by atoms with E-state index in [9.17, 15) is 33.6 Å². The highest BCUT2D eigenvalue weighted by atomic mass is 32.2. The van der Waals surface area contributed by atoms with Crippen LogP contribution < -0.4 is 26.4 Å². The maximum atomic E-state index is 13.0. The Balaban J connectivity index is 1.66. The molecule has 0 unspecified atom stereocenters. The van der Waals surface area contributed by atoms with Crippen LogP contribution in [-0.4, -0.2) is 79.5 Å². The topological polar surface area (TPSA) is 219 Å². The van der Waals surface area contributed by atoms with Gasteiger partial charge in [0.05, 0.1) is 4.90 Å². The molecule has 14 heteroatoms. The predicted octanol–water partition coefficient (Wildman–Crippen LogP) is 1.41. The number of phenolic OH excluding ortho intramolecular Hbond substituents is 4. The third-order valence-electron chi connectivity index (χ3n) is 6.75. The van der Waals surface area contributed by atoms with E-state index in [-0.39, 0.29) is 34.8 Å². The second kappa shape index (κ2) is 15.8. The summed E-state index contributed by atoms with van der Waals surface area (Å²) < 4.78 is 27.4. The second-order valence-corrected chi connectivity index (χ2v) is 12.1. The summed E-state index contributed by atoms with van der Waals surface area (Å²) in [5, 5.41) is 48.4. The zero-order valence-electron chi connectivity index (χ0n) is 24.6. The van der Waals surface area contributed by atoms with Crippen LogP contribution in [0.3, 0.4) is 0 Å². The Hall–Kier alpha value is -4.53. The quantitative estimate of drug-likeness (QED) is 0.0510. The number of aryl methyl sites for hydroxylation is 1. The molecule has 3 aromatic carbocycles. The molecule has 0 aliphatic carbocycles. The van der Waals surface area contributed by atoms with E-state index >= 15 is 0 Å². The molecule has 3 rings (SSSR count). The number of guanidine groups is 1. The lowest BCUT2D eigenvalue weighted by molar-refractivity contribution is 0.0932. The normalized spacial score (nSPS) is 13.3. The maximum absolute atomic E-state index is 13.0. The largest absolute Gasteiger partial charge is 0.508 e. The molecule has 0 spiro atoms. The van der Waals surface area contributed by atoms with E-state index in [1.165, 1.54) is 12.1 Å². The van der Waals surface area contributed by atoms with Gasteiger partial charge in [0.25, 0.3) is 15.9 Å². The number of rotatable bonds is 15. The molecule has 0 fully saturated rings. The summed E-state index contributed by atoms with van der Waals surface area (Å²) >= 11 is 0. The Morgan fingerprint density at radius 1 is 0.932 bits per heavy atom. The average molecular weight is 629 g/mol. The number of carbonyl (C=O) groups is 1. The Morgan fingerprint density at radius 2 is 1.57 bits per heavy atom. The number of benzene rings is 3. The molecule has 44 heavy (non-hydrogen) atoms. The number of carbonyl (C=O) groups excluding carboxylic acids is 1. The van der Waals surface area contributed by atoms with Gasteiger partial charge in [-0.15, -0.1) is 0 Å². The lowest BCUT2D eigenvalue weighted by Gasteiger charge is -2.24. The van der Waals surface area contributed by atoms with Crippen LogP contribution in [0.15, 0.2) is 70.6 Å². The highest BCUT2D eigenvalue weighted by molar-refractivity contribution is 7.90. The van der Waals surface area contributed by atoms with Crippen LogP contribution in [-0.2, 0) is 16.4 Å². The Labute approximate surface area is 256 Å². The van der Waals surface area contributed by atoms with Gasteiger partial charge in [-0.25, -0.2) is 13.1 Å². The van der Waals surface area contributed by atoms with Crippen molar-refractivity contribution in [2.24, 2.45) is 10.7 Å². The van der Waals surface area contributed by atoms with Crippen molar-refractivity contribution >= 4 is 21.9 Å². The third-order valence-corrected chi connectivity index (χ3v) is 8.12. The molecule has 13 nitrogen and oxygen atoms in total. The van der Waals surface area contributed by atoms with Gasteiger partial charge in [0.2, 0.25) is 5.96 Å². The molecule has 0 bridgehead atoms. The number of hydrogen-bond acceptors (Lipinski definition) is 10. The Morgan fingerprint density at radius 3 is 2.18 bits per heavy atom. The van der Waals surface area contributed by atoms with Crippen molar-refractivity contribution in [2.75, 3.05) is 26.7 Å². The lowest BCUT2D eigenvalue weighted by atomic mass is 10.0. The van der Waals surface area contributed by atoms with Gasteiger partial charge < -0.3 is 42.1 Å². The van der Waals surface area contributed by atoms with Crippen molar-refractivity contribution in [3.8, 4) is 23.0 Å². The van der Waals surface area contributed by atoms with Crippen LogP contribution >= 0.6 is 0 Å². The van der Waals surface area contributed by atoms with Gasteiger partial charge in [-0.1, -0.05) is 29.8 Å². The van der Waals surface area contributed by atoms with E-state index in [1.54, 1.807) is 24.3 Å². The number of aliphatic imine (C=N–C) groups is 1. The van der Waals surface area contributed by atoms with Crippen molar-refractivity contribution in [1.82, 2.24) is 20.7 Å². The summed E-state index contributed by atoms with van der Waals surface area (Å²) in [7, 11) is -2.07. The number of aromatic hydroxyl groups is 4. The van der Waals surface area contributed by atoms with Crippen LogP contribution in [0.1, 0.15) is 34.3 Å². The summed E-state index contributed by atoms with van der Waals surface area (Å²) in [6.07, 6.45) is 1.49. The van der Waals surface area contributed by atoms with Crippen molar-refractivity contribution in [3.63, 3.8) is 0 Å². The van der Waals surface area contributed by atoms with Gasteiger partial charge >= 0.3 is 0 Å². The summed E-state index contributed by atoms with van der Waals surface area (Å²) in [6, 6.07) is 14.8. The highest BCUT2D eigenvalue weighted by Gasteiger charge is 2.19. The minimum Gasteiger partial charge on any atom is -0.508 e. The van der Waals surface area contributed by atoms with Crippen molar-refractivity contribution < 1.29 is 33.6 Å². The molecule has 10 N–H and O–H groups in total. The molecule has 3 aromatic rings. The van der Waals surface area contributed by atoms with Crippen LogP contribution in [0.5, 0.6) is 23.0 Å². The molecular formula is C30H40N6O7S. The van der Waals surface area contributed by atoms with Crippen LogP contribution in [0, 0.1) is 6.92 Å². The molecule has 0 heterocycles. The van der Waals surface area contributed by atoms with E-state index in [0.29, 0.717) is 32.4 Å². The number of nitrogens with one attached hydrogen (secondary N) is 4. The summed E-state index contributed by atoms with van der Waals surface area (Å²) in [5.41, 5.74) is 7.71. The van der Waals surface area contributed by atoms with Gasteiger partial charge in [0.15, 0.2) is 17.2 Å². The molecule has 2 atom stereocenters. The third kappa shape index (κ3) is 10.3. The minimum absolute atomic E-state index is 0.0319. The Bertz CT molecular complexity index is 1510. The fourth-order valence-corrected chi connectivity index (χ4v) is 5.35. The maximum Gasteiger partial charge on any atom is 0.264 e. The Kier molecular flexibility index (Phi) is 12.2. The van der Waals surface area contributed by atoms with Gasteiger partial charge in [-0.05, 0) is 75.2 Å². The first-order chi connectivity index (χ1) is 20.9. The van der Waals surface area contributed by atoms with E-state index in [2.05, 4.69) is 25.7 Å². The number of phenols is 4. The SMILES string of the molecule is CNC[C@H](Cc1ccc(O)cc1)NC[C@H](CCCN=C(N)NS(=O)(=O)c1ccc(C)cc1)NC(=O)c1cc(O)c(O)c(O)c1. The lowest BCUT2D eigenvalue weighted by Crippen LogP contribution is -2.48. The van der Waals surface area contributed by atoms with E-state index < -0.39 is 39.2 Å². The first kappa shape index (κ1) is 34.0. The van der Waals surface area contributed by atoms with Crippen molar-refractivity contribution in [3.05, 3.63) is 77.4 Å². The molecule has 0 saturated heterocycles. The first-order valence-electron chi connectivity index (χ1n) is 14.0. The zero-order chi connectivity index (χ0) is 32.3. The number of nitrogens with zero attached hydrogens (tertiary/aromatic N) is 1.